The summed E-state index contributed by atoms with van der Waals surface area (Å²) in [6.45, 7) is 1.16. The largest absolute Gasteiger partial charge is 0.378 e. The summed E-state index contributed by atoms with van der Waals surface area (Å²) in [6.07, 6.45) is -0.162. The minimum absolute atomic E-state index is 0.162. The Morgan fingerprint density at radius 3 is 2.94 bits per heavy atom. The average Bonchev–Trinajstić information content (AvgIpc) is 2.79. The Hall–Kier alpha value is -1.53. The van der Waals surface area contributed by atoms with Crippen LogP contribution in [0.1, 0.15) is 10.4 Å². The van der Waals surface area contributed by atoms with E-state index in [9.17, 15) is 13.6 Å². The van der Waals surface area contributed by atoms with E-state index in [-0.39, 0.29) is 17.7 Å². The molecular weight excluding hydrogens is 242 g/mol. The maximum atomic E-state index is 13.4. The summed E-state index contributed by atoms with van der Waals surface area (Å²) in [6, 6.07) is 2.55. The number of carbonyl (C=O) groups is 1. The number of benzene rings is 1. The van der Waals surface area contributed by atoms with Gasteiger partial charge in [0.15, 0.2) is 0 Å². The van der Waals surface area contributed by atoms with E-state index in [0.717, 1.165) is 18.2 Å². The first-order valence-electron chi connectivity index (χ1n) is 5.61. The molecule has 0 radical (unpaired) electrons. The maximum Gasteiger partial charge on any atom is 0.254 e. The van der Waals surface area contributed by atoms with E-state index < -0.39 is 17.5 Å². The third-order valence-electron chi connectivity index (χ3n) is 2.95. The lowest BCUT2D eigenvalue weighted by Gasteiger charge is -2.18. The Morgan fingerprint density at radius 1 is 1.44 bits per heavy atom. The number of amides is 1. The molecule has 1 aromatic rings. The van der Waals surface area contributed by atoms with Gasteiger partial charge in [-0.2, -0.15) is 0 Å². The van der Waals surface area contributed by atoms with Gasteiger partial charge in [-0.05, 0) is 18.2 Å². The molecule has 1 aliphatic heterocycles. The monoisotopic (exact) mass is 256 g/mol. The van der Waals surface area contributed by atoms with Gasteiger partial charge in [-0.25, -0.2) is 8.78 Å². The highest BCUT2D eigenvalue weighted by Crippen LogP contribution is 2.11. The molecule has 0 aliphatic carbocycles. The summed E-state index contributed by atoms with van der Waals surface area (Å²) in [5.41, 5.74) is -0.295. The van der Waals surface area contributed by atoms with Crippen molar-refractivity contribution in [1.29, 1.82) is 0 Å². The Kier molecular flexibility index (Phi) is 3.88. The molecule has 2 rings (SSSR count). The summed E-state index contributed by atoms with van der Waals surface area (Å²) in [5.74, 6) is -2.02. The van der Waals surface area contributed by atoms with Crippen molar-refractivity contribution in [3.63, 3.8) is 0 Å². The molecule has 0 aromatic heterocycles. The lowest BCUT2D eigenvalue weighted by Crippen LogP contribution is -2.43. The number of nitrogens with one attached hydrogen (secondary N) is 2. The number of methoxy groups -OCH3 is 1. The second kappa shape index (κ2) is 5.41. The smallest absolute Gasteiger partial charge is 0.254 e. The van der Waals surface area contributed by atoms with Gasteiger partial charge in [0.1, 0.15) is 11.6 Å². The van der Waals surface area contributed by atoms with E-state index in [1.807, 2.05) is 0 Å². The first kappa shape index (κ1) is 12.9. The third kappa shape index (κ3) is 2.65. The van der Waals surface area contributed by atoms with E-state index in [1.54, 1.807) is 7.11 Å². The molecule has 98 valence electrons. The van der Waals surface area contributed by atoms with E-state index in [0.29, 0.717) is 13.1 Å². The van der Waals surface area contributed by atoms with Gasteiger partial charge in [0.25, 0.3) is 5.91 Å². The summed E-state index contributed by atoms with van der Waals surface area (Å²) in [4.78, 5) is 11.8. The van der Waals surface area contributed by atoms with Crippen LogP contribution >= 0.6 is 0 Å². The summed E-state index contributed by atoms with van der Waals surface area (Å²) < 4.78 is 31.5. The van der Waals surface area contributed by atoms with Crippen molar-refractivity contribution in [2.75, 3.05) is 20.2 Å². The third-order valence-corrected chi connectivity index (χ3v) is 2.95. The van der Waals surface area contributed by atoms with Crippen LogP contribution in [0.4, 0.5) is 8.78 Å². The number of halogens is 2. The fourth-order valence-electron chi connectivity index (χ4n) is 1.96. The lowest BCUT2D eigenvalue weighted by atomic mass is 10.1. The molecule has 2 N–H and O–H groups in total. The molecule has 0 saturated carbocycles. The number of ether oxygens (including phenoxy) is 1. The van der Waals surface area contributed by atoms with Crippen LogP contribution in [0, 0.1) is 11.6 Å². The van der Waals surface area contributed by atoms with Gasteiger partial charge in [-0.1, -0.05) is 0 Å². The first-order chi connectivity index (χ1) is 8.61. The predicted molar refractivity (Wildman–Crippen MR) is 61.3 cm³/mol. The molecule has 6 heteroatoms. The SMILES string of the molecule is CO[C@H]1CNCC1NC(=O)c1cc(F)ccc1F. The number of carbonyl (C=O) groups excluding carboxylic acids is 1. The molecule has 1 fully saturated rings. The Labute approximate surface area is 103 Å². The first-order valence-corrected chi connectivity index (χ1v) is 5.61. The molecule has 1 unspecified atom stereocenters. The van der Waals surface area contributed by atoms with Crippen LogP contribution < -0.4 is 10.6 Å². The minimum atomic E-state index is -0.742. The van der Waals surface area contributed by atoms with Crippen LogP contribution in [0.2, 0.25) is 0 Å². The quantitative estimate of drug-likeness (QED) is 0.836. The van der Waals surface area contributed by atoms with Gasteiger partial charge in [0.2, 0.25) is 0 Å². The van der Waals surface area contributed by atoms with Crippen LogP contribution in [-0.4, -0.2) is 38.3 Å². The van der Waals surface area contributed by atoms with E-state index >= 15 is 0 Å². The molecule has 0 spiro atoms. The standard InChI is InChI=1S/C12H14F2N2O2/c1-18-11-6-15-5-10(11)16-12(17)8-4-7(13)2-3-9(8)14/h2-4,10-11,15H,5-6H2,1H3,(H,16,17)/t10?,11-/m0/s1. The zero-order valence-corrected chi connectivity index (χ0v) is 9.87. The maximum absolute atomic E-state index is 13.4. The molecule has 1 heterocycles. The van der Waals surface area contributed by atoms with Crippen LogP contribution in [0.5, 0.6) is 0 Å². The molecule has 0 bridgehead atoms. The fraction of sp³-hybridized carbons (Fsp3) is 0.417. The molecule has 1 aromatic carbocycles. The Bertz CT molecular complexity index is 454. The zero-order valence-electron chi connectivity index (χ0n) is 9.87. The molecule has 1 aliphatic rings. The zero-order chi connectivity index (χ0) is 13.1. The van der Waals surface area contributed by atoms with Gasteiger partial charge in [-0.3, -0.25) is 4.79 Å². The van der Waals surface area contributed by atoms with Crippen LogP contribution in [0.15, 0.2) is 18.2 Å². The van der Waals surface area contributed by atoms with Crippen molar-refractivity contribution in [1.82, 2.24) is 10.6 Å². The average molecular weight is 256 g/mol. The van der Waals surface area contributed by atoms with Gasteiger partial charge < -0.3 is 15.4 Å². The number of rotatable bonds is 3. The fourth-order valence-corrected chi connectivity index (χ4v) is 1.96. The highest BCUT2D eigenvalue weighted by molar-refractivity contribution is 5.94. The summed E-state index contributed by atoms with van der Waals surface area (Å²) in [5, 5.41) is 5.68. The molecule has 1 saturated heterocycles. The van der Waals surface area contributed by atoms with Gasteiger partial charge in [0.05, 0.1) is 17.7 Å². The molecule has 1 amide bonds. The normalized spacial score (nSPS) is 23.1. The van der Waals surface area contributed by atoms with Crippen molar-refractivity contribution < 1.29 is 18.3 Å². The van der Waals surface area contributed by atoms with Gasteiger partial charge >= 0.3 is 0 Å². The van der Waals surface area contributed by atoms with Crippen LogP contribution in [-0.2, 0) is 4.74 Å². The predicted octanol–water partition coefficient (Wildman–Crippen LogP) is 0.681. The highest BCUT2D eigenvalue weighted by atomic mass is 19.1. The second-order valence-electron chi connectivity index (χ2n) is 4.14. The highest BCUT2D eigenvalue weighted by Gasteiger charge is 2.29. The number of hydrogen-bond acceptors (Lipinski definition) is 3. The molecule has 18 heavy (non-hydrogen) atoms. The van der Waals surface area contributed by atoms with Crippen molar-refractivity contribution in [2.24, 2.45) is 0 Å². The van der Waals surface area contributed by atoms with Crippen molar-refractivity contribution in [3.05, 3.63) is 35.4 Å². The van der Waals surface area contributed by atoms with Crippen LogP contribution in [0.25, 0.3) is 0 Å². The van der Waals surface area contributed by atoms with Crippen molar-refractivity contribution in [2.45, 2.75) is 12.1 Å². The van der Waals surface area contributed by atoms with Crippen LogP contribution in [0.3, 0.4) is 0 Å². The molecule has 4 nitrogen and oxygen atoms in total. The van der Waals surface area contributed by atoms with E-state index in [2.05, 4.69) is 10.6 Å². The van der Waals surface area contributed by atoms with E-state index in [1.165, 1.54) is 0 Å². The molecular formula is C12H14F2N2O2. The second-order valence-corrected chi connectivity index (χ2v) is 4.14. The Balaban J connectivity index is 2.09. The Morgan fingerprint density at radius 2 is 2.22 bits per heavy atom. The lowest BCUT2D eigenvalue weighted by molar-refractivity contribution is 0.0776. The molecule has 2 atom stereocenters. The van der Waals surface area contributed by atoms with Gasteiger partial charge in [0, 0.05) is 20.2 Å². The topological polar surface area (TPSA) is 50.4 Å². The minimum Gasteiger partial charge on any atom is -0.378 e. The van der Waals surface area contributed by atoms with Gasteiger partial charge in [-0.15, -0.1) is 0 Å². The summed E-state index contributed by atoms with van der Waals surface area (Å²) >= 11 is 0. The number of hydrogen-bond donors (Lipinski definition) is 2. The summed E-state index contributed by atoms with van der Waals surface area (Å²) in [7, 11) is 1.54. The van der Waals surface area contributed by atoms with E-state index in [4.69, 9.17) is 4.74 Å². The van der Waals surface area contributed by atoms with Crippen molar-refractivity contribution in [3.8, 4) is 0 Å². The van der Waals surface area contributed by atoms with Crippen molar-refractivity contribution >= 4 is 5.91 Å².